The molecule has 2 heteroatoms. The molecule has 0 atom stereocenters. The first-order chi connectivity index (χ1) is 28.8. The minimum atomic E-state index is 0.906. The molecule has 0 unspecified atom stereocenters. The molecule has 2 nitrogen and oxygen atoms in total. The molecule has 0 radical (unpaired) electrons. The topological polar surface area (TPSA) is 18.1 Å². The predicted octanol–water partition coefficient (Wildman–Crippen LogP) is 15.5. The lowest BCUT2D eigenvalue weighted by atomic mass is 9.94. The fourth-order valence-electron chi connectivity index (χ4n) is 8.61. The van der Waals surface area contributed by atoms with Crippen LogP contribution in [0.4, 0.5) is 0 Å². The van der Waals surface area contributed by atoms with Gasteiger partial charge < -0.3 is 8.98 Å². The van der Waals surface area contributed by atoms with Crippen molar-refractivity contribution in [3.8, 4) is 72.6 Å². The van der Waals surface area contributed by atoms with E-state index in [-0.39, 0.29) is 0 Å². The standard InChI is InChI=1S/C56H37NO/c1-4-13-38(14-5-1)40-23-25-42(26-24-40)46-33-36-52-51(37-46)54(44-29-27-41(28-30-44)39-15-6-2-7-16-39)55(45-17-8-3-9-18-45)57(52)47-34-31-43(32-35-47)48-20-12-21-50-49-19-10-11-22-53(49)58-56(48)50/h1-37H. The maximum Gasteiger partial charge on any atom is 0.143 e. The van der Waals surface area contributed by atoms with Crippen LogP contribution < -0.4 is 0 Å². The van der Waals surface area contributed by atoms with Gasteiger partial charge in [0.2, 0.25) is 0 Å². The van der Waals surface area contributed by atoms with Crippen molar-refractivity contribution in [3.63, 3.8) is 0 Å². The maximum atomic E-state index is 6.45. The van der Waals surface area contributed by atoms with Gasteiger partial charge in [0.05, 0.1) is 11.2 Å². The summed E-state index contributed by atoms with van der Waals surface area (Å²) in [5.41, 5.74) is 18.2. The van der Waals surface area contributed by atoms with Gasteiger partial charge in [-0.3, -0.25) is 0 Å². The number of fused-ring (bicyclic) bond motifs is 4. The van der Waals surface area contributed by atoms with E-state index >= 15 is 0 Å². The lowest BCUT2D eigenvalue weighted by molar-refractivity contribution is 0.670. The number of para-hydroxylation sites is 2. The number of furan rings is 1. The number of hydrogen-bond donors (Lipinski definition) is 0. The van der Waals surface area contributed by atoms with Crippen LogP contribution in [0.5, 0.6) is 0 Å². The van der Waals surface area contributed by atoms with Gasteiger partial charge in [-0.2, -0.15) is 0 Å². The molecule has 0 saturated carbocycles. The Morgan fingerprint density at radius 3 is 1.43 bits per heavy atom. The molecule has 11 rings (SSSR count). The highest BCUT2D eigenvalue weighted by Crippen LogP contribution is 2.45. The summed E-state index contributed by atoms with van der Waals surface area (Å²) < 4.78 is 8.89. The summed E-state index contributed by atoms with van der Waals surface area (Å²) in [6, 6.07) is 80.6. The quantitative estimate of drug-likeness (QED) is 0.159. The van der Waals surface area contributed by atoms with Gasteiger partial charge in [0, 0.05) is 33.0 Å². The first-order valence-corrected chi connectivity index (χ1v) is 19.8. The van der Waals surface area contributed by atoms with Gasteiger partial charge in [-0.05, 0) is 80.4 Å². The normalized spacial score (nSPS) is 11.4. The van der Waals surface area contributed by atoms with E-state index in [1.807, 2.05) is 12.1 Å². The van der Waals surface area contributed by atoms with E-state index in [9.17, 15) is 0 Å². The summed E-state index contributed by atoms with van der Waals surface area (Å²) in [6.45, 7) is 0. The number of nitrogens with zero attached hydrogens (tertiary/aromatic N) is 1. The summed E-state index contributed by atoms with van der Waals surface area (Å²) in [5, 5.41) is 3.47. The van der Waals surface area contributed by atoms with Crippen molar-refractivity contribution in [1.82, 2.24) is 4.57 Å². The first kappa shape index (κ1) is 33.6. The Bertz CT molecular complexity index is 3210. The fourth-order valence-corrected chi connectivity index (χ4v) is 8.61. The summed E-state index contributed by atoms with van der Waals surface area (Å²) in [5.74, 6) is 0. The SMILES string of the molecule is c1ccc(-c2ccc(-c3ccc4c(c3)c(-c3ccc(-c5ccccc5)cc3)c(-c3ccccc3)n4-c3ccc(-c4cccc5c4oc4ccccc45)cc3)cc2)cc1. The van der Waals surface area contributed by atoms with Crippen LogP contribution in [0.3, 0.4) is 0 Å². The van der Waals surface area contributed by atoms with Crippen LogP contribution in [0.1, 0.15) is 0 Å². The van der Waals surface area contributed by atoms with Crippen LogP contribution in [0, 0.1) is 0 Å². The van der Waals surface area contributed by atoms with E-state index in [2.05, 4.69) is 217 Å². The van der Waals surface area contributed by atoms with E-state index in [4.69, 9.17) is 4.42 Å². The first-order valence-electron chi connectivity index (χ1n) is 19.8. The molecule has 272 valence electrons. The monoisotopic (exact) mass is 739 g/mol. The predicted molar refractivity (Wildman–Crippen MR) is 243 cm³/mol. The Labute approximate surface area is 337 Å². The van der Waals surface area contributed by atoms with E-state index in [1.54, 1.807) is 0 Å². The summed E-state index contributed by atoms with van der Waals surface area (Å²) in [4.78, 5) is 0. The lowest BCUT2D eigenvalue weighted by Crippen LogP contribution is -1.98. The van der Waals surface area contributed by atoms with Crippen molar-refractivity contribution in [2.24, 2.45) is 0 Å². The molecular weight excluding hydrogens is 703 g/mol. The molecule has 0 bridgehead atoms. The van der Waals surface area contributed by atoms with Gasteiger partial charge in [0.25, 0.3) is 0 Å². The Hall–Kier alpha value is -7.68. The highest BCUT2D eigenvalue weighted by molar-refractivity contribution is 6.10. The summed E-state index contributed by atoms with van der Waals surface area (Å²) >= 11 is 0. The van der Waals surface area contributed by atoms with Crippen molar-refractivity contribution >= 4 is 32.8 Å². The minimum absolute atomic E-state index is 0.906. The molecule has 0 amide bonds. The fraction of sp³-hybridized carbons (Fsp3) is 0. The van der Waals surface area contributed by atoms with Crippen LogP contribution >= 0.6 is 0 Å². The van der Waals surface area contributed by atoms with Crippen LogP contribution in [0.15, 0.2) is 229 Å². The summed E-state index contributed by atoms with van der Waals surface area (Å²) in [7, 11) is 0. The number of aromatic nitrogens is 1. The van der Waals surface area contributed by atoms with Gasteiger partial charge in [0.15, 0.2) is 0 Å². The van der Waals surface area contributed by atoms with Gasteiger partial charge >= 0.3 is 0 Å². The smallest absolute Gasteiger partial charge is 0.143 e. The molecule has 58 heavy (non-hydrogen) atoms. The molecule has 0 N–H and O–H groups in total. The van der Waals surface area contributed by atoms with Crippen LogP contribution in [0.25, 0.3) is 105 Å². The highest BCUT2D eigenvalue weighted by atomic mass is 16.3. The van der Waals surface area contributed by atoms with Crippen LogP contribution in [-0.2, 0) is 0 Å². The number of benzene rings is 9. The van der Waals surface area contributed by atoms with Crippen molar-refractivity contribution < 1.29 is 4.42 Å². The Kier molecular flexibility index (Phi) is 8.19. The van der Waals surface area contributed by atoms with Gasteiger partial charge in [-0.1, -0.05) is 194 Å². The largest absolute Gasteiger partial charge is 0.455 e. The third-order valence-corrected chi connectivity index (χ3v) is 11.5. The van der Waals surface area contributed by atoms with Gasteiger partial charge in [-0.15, -0.1) is 0 Å². The Morgan fingerprint density at radius 1 is 0.310 bits per heavy atom. The molecule has 9 aromatic carbocycles. The average Bonchev–Trinajstić information content (AvgIpc) is 3.86. The zero-order valence-corrected chi connectivity index (χ0v) is 31.7. The molecule has 2 heterocycles. The second-order valence-corrected chi connectivity index (χ2v) is 14.9. The number of hydrogen-bond acceptors (Lipinski definition) is 1. The molecule has 0 aliphatic carbocycles. The minimum Gasteiger partial charge on any atom is -0.455 e. The highest BCUT2D eigenvalue weighted by Gasteiger charge is 2.23. The van der Waals surface area contributed by atoms with Crippen molar-refractivity contribution in [2.75, 3.05) is 0 Å². The zero-order valence-electron chi connectivity index (χ0n) is 31.7. The average molecular weight is 740 g/mol. The van der Waals surface area contributed by atoms with E-state index in [0.717, 1.165) is 55.5 Å². The molecule has 11 aromatic rings. The van der Waals surface area contributed by atoms with Gasteiger partial charge in [-0.25, -0.2) is 0 Å². The third kappa shape index (κ3) is 5.82. The molecule has 2 aromatic heterocycles. The second-order valence-electron chi connectivity index (χ2n) is 14.9. The van der Waals surface area contributed by atoms with E-state index in [0.29, 0.717) is 0 Å². The molecule has 0 aliphatic heterocycles. The Balaban J connectivity index is 1.10. The molecule has 0 aliphatic rings. The summed E-state index contributed by atoms with van der Waals surface area (Å²) in [6.07, 6.45) is 0. The van der Waals surface area contributed by atoms with E-state index in [1.165, 1.54) is 49.9 Å². The Morgan fingerprint density at radius 2 is 0.793 bits per heavy atom. The van der Waals surface area contributed by atoms with E-state index < -0.39 is 0 Å². The van der Waals surface area contributed by atoms with Crippen molar-refractivity contribution in [3.05, 3.63) is 224 Å². The number of rotatable bonds is 7. The van der Waals surface area contributed by atoms with Crippen molar-refractivity contribution in [1.29, 1.82) is 0 Å². The molecule has 0 saturated heterocycles. The maximum absolute atomic E-state index is 6.45. The lowest BCUT2D eigenvalue weighted by Gasteiger charge is -2.14. The van der Waals surface area contributed by atoms with Crippen molar-refractivity contribution in [2.45, 2.75) is 0 Å². The van der Waals surface area contributed by atoms with Crippen LogP contribution in [0.2, 0.25) is 0 Å². The second kappa shape index (κ2) is 14.1. The third-order valence-electron chi connectivity index (χ3n) is 11.5. The van der Waals surface area contributed by atoms with Crippen LogP contribution in [-0.4, -0.2) is 4.57 Å². The van der Waals surface area contributed by atoms with Gasteiger partial charge in [0.1, 0.15) is 11.2 Å². The molecule has 0 fully saturated rings. The molecular formula is C56H37NO. The molecule has 0 spiro atoms. The zero-order chi connectivity index (χ0) is 38.4.